The minimum Gasteiger partial charge on any atom is -0.490 e. The van der Waals surface area contributed by atoms with E-state index in [9.17, 15) is 14.4 Å². The van der Waals surface area contributed by atoms with Crippen molar-refractivity contribution in [2.75, 3.05) is 6.54 Å². The zero-order valence-electron chi connectivity index (χ0n) is 21.2. The summed E-state index contributed by atoms with van der Waals surface area (Å²) in [5, 5.41) is 16.1. The maximum absolute atomic E-state index is 12.8. The Morgan fingerprint density at radius 3 is 2.18 bits per heavy atom. The molecule has 0 atom stereocenters. The number of fused-ring (bicyclic) bond motifs is 2. The van der Waals surface area contributed by atoms with Crippen molar-refractivity contribution in [3.05, 3.63) is 90.0 Å². The van der Waals surface area contributed by atoms with Gasteiger partial charge in [-0.2, -0.15) is 0 Å². The zero-order valence-corrected chi connectivity index (χ0v) is 21.2. The van der Waals surface area contributed by atoms with Crippen molar-refractivity contribution in [3.8, 4) is 5.75 Å². The van der Waals surface area contributed by atoms with Crippen LogP contribution >= 0.6 is 0 Å². The van der Waals surface area contributed by atoms with E-state index in [0.29, 0.717) is 43.4 Å². The highest BCUT2D eigenvalue weighted by Crippen LogP contribution is 2.29. The molecule has 0 aromatic heterocycles. The molecule has 5 rings (SSSR count). The van der Waals surface area contributed by atoms with Gasteiger partial charge < -0.3 is 15.2 Å². The molecule has 194 valence electrons. The average Bonchev–Trinajstić information content (AvgIpc) is 2.94. The molecule has 0 unspecified atom stereocenters. The zero-order chi connectivity index (χ0) is 26.5. The Kier molecular flexibility index (Phi) is 7.68. The van der Waals surface area contributed by atoms with Gasteiger partial charge in [-0.25, -0.2) is 0 Å². The Balaban J connectivity index is 1.11. The van der Waals surface area contributed by atoms with Crippen LogP contribution in [0.5, 0.6) is 5.75 Å². The Morgan fingerprint density at radius 1 is 0.763 bits per heavy atom. The topological polar surface area (TPSA) is 92.7 Å². The summed E-state index contributed by atoms with van der Waals surface area (Å²) in [5.41, 5.74) is 1.26. The number of ether oxygens (including phenoxy) is 1. The lowest BCUT2D eigenvalue weighted by Crippen LogP contribution is -2.27. The second-order valence-corrected chi connectivity index (χ2v) is 10.00. The fourth-order valence-corrected chi connectivity index (χ4v) is 5.12. The molecule has 6 nitrogen and oxygen atoms in total. The van der Waals surface area contributed by atoms with Gasteiger partial charge in [0.15, 0.2) is 5.78 Å². The molecular weight excluding hydrogens is 478 g/mol. The molecule has 38 heavy (non-hydrogen) atoms. The van der Waals surface area contributed by atoms with Gasteiger partial charge in [-0.05, 0) is 84.0 Å². The number of hydrogen-bond donors (Lipinski definition) is 2. The SMILES string of the molecule is O=C(CCCNC(=O)c1ccc2ccccc2c1)c1ccc2cc(OC3CCC(C(=O)O)CC3)ccc2c1. The van der Waals surface area contributed by atoms with E-state index in [1.165, 1.54) is 0 Å². The minimum atomic E-state index is -0.717. The molecule has 0 heterocycles. The lowest BCUT2D eigenvalue weighted by molar-refractivity contribution is -0.143. The minimum absolute atomic E-state index is 0.0330. The fraction of sp³-hybridized carbons (Fsp3) is 0.281. The van der Waals surface area contributed by atoms with E-state index in [1.807, 2.05) is 78.9 Å². The monoisotopic (exact) mass is 509 g/mol. The number of nitrogens with one attached hydrogen (secondary N) is 1. The number of carboxylic acid groups (broad SMARTS) is 1. The van der Waals surface area contributed by atoms with Crippen LogP contribution in [-0.2, 0) is 4.79 Å². The van der Waals surface area contributed by atoms with Crippen LogP contribution in [0.3, 0.4) is 0 Å². The number of Topliss-reactive ketones (excluding diaryl/α,β-unsaturated/α-hetero) is 1. The predicted molar refractivity (Wildman–Crippen MR) is 148 cm³/mol. The van der Waals surface area contributed by atoms with Gasteiger partial charge in [0.05, 0.1) is 12.0 Å². The summed E-state index contributed by atoms with van der Waals surface area (Å²) in [6.45, 7) is 0.431. The van der Waals surface area contributed by atoms with Crippen molar-refractivity contribution < 1.29 is 24.2 Å². The summed E-state index contributed by atoms with van der Waals surface area (Å²) in [4.78, 5) is 36.4. The molecule has 0 bridgehead atoms. The molecule has 0 saturated heterocycles. The number of rotatable bonds is 9. The third kappa shape index (κ3) is 6.02. The number of amides is 1. The molecular formula is C32H31NO5. The average molecular weight is 510 g/mol. The highest BCUT2D eigenvalue weighted by Gasteiger charge is 2.26. The van der Waals surface area contributed by atoms with Gasteiger partial charge in [0, 0.05) is 24.1 Å². The normalized spacial score (nSPS) is 17.3. The summed E-state index contributed by atoms with van der Waals surface area (Å²) >= 11 is 0. The smallest absolute Gasteiger partial charge is 0.306 e. The predicted octanol–water partition coefficient (Wildman–Crippen LogP) is 6.41. The van der Waals surface area contributed by atoms with Crippen molar-refractivity contribution in [1.82, 2.24) is 5.32 Å². The van der Waals surface area contributed by atoms with Crippen LogP contribution in [-0.4, -0.2) is 35.4 Å². The van der Waals surface area contributed by atoms with Crippen LogP contribution in [0.4, 0.5) is 0 Å². The first-order valence-electron chi connectivity index (χ1n) is 13.2. The van der Waals surface area contributed by atoms with Gasteiger partial charge in [-0.1, -0.05) is 48.5 Å². The highest BCUT2D eigenvalue weighted by atomic mass is 16.5. The van der Waals surface area contributed by atoms with E-state index >= 15 is 0 Å². The van der Waals surface area contributed by atoms with Crippen molar-refractivity contribution in [1.29, 1.82) is 0 Å². The number of carbonyl (C=O) groups excluding carboxylic acids is 2. The van der Waals surface area contributed by atoms with Crippen LogP contribution in [0.1, 0.15) is 59.2 Å². The third-order valence-electron chi connectivity index (χ3n) is 7.34. The van der Waals surface area contributed by atoms with Crippen LogP contribution < -0.4 is 10.1 Å². The molecule has 4 aromatic carbocycles. The van der Waals surface area contributed by atoms with E-state index in [2.05, 4.69) is 5.32 Å². The maximum atomic E-state index is 12.8. The largest absolute Gasteiger partial charge is 0.490 e. The van der Waals surface area contributed by atoms with Crippen LogP contribution in [0.2, 0.25) is 0 Å². The fourth-order valence-electron chi connectivity index (χ4n) is 5.12. The Labute approximate surface area is 221 Å². The molecule has 1 saturated carbocycles. The standard InChI is InChI=1S/C32H31NO5/c34-30(6-3-17-33-31(35)27-10-7-21-4-1-2-5-23(21)19-27)26-9-8-25-20-29(16-13-24(25)18-26)38-28-14-11-22(12-15-28)32(36)37/h1-2,4-5,7-10,13,16,18-20,22,28H,3,6,11-12,14-15,17H2,(H,33,35)(H,36,37). The van der Waals surface area contributed by atoms with Crippen LogP contribution in [0.15, 0.2) is 78.9 Å². The summed E-state index contributed by atoms with van der Waals surface area (Å²) < 4.78 is 6.11. The molecule has 0 radical (unpaired) electrons. The third-order valence-corrected chi connectivity index (χ3v) is 7.34. The lowest BCUT2D eigenvalue weighted by Gasteiger charge is -2.26. The maximum Gasteiger partial charge on any atom is 0.306 e. The first-order chi connectivity index (χ1) is 18.5. The second-order valence-electron chi connectivity index (χ2n) is 10.00. The number of carboxylic acids is 1. The number of aliphatic carboxylic acids is 1. The molecule has 1 amide bonds. The summed E-state index contributed by atoms with van der Waals surface area (Å²) in [7, 11) is 0. The molecule has 1 fully saturated rings. The van der Waals surface area contributed by atoms with Crippen LogP contribution in [0.25, 0.3) is 21.5 Å². The van der Waals surface area contributed by atoms with Gasteiger partial charge in [0.25, 0.3) is 5.91 Å². The summed E-state index contributed by atoms with van der Waals surface area (Å²) in [5.74, 6) is -0.310. The van der Waals surface area contributed by atoms with Gasteiger partial charge in [0.1, 0.15) is 5.75 Å². The number of ketones is 1. The van der Waals surface area contributed by atoms with E-state index < -0.39 is 5.97 Å². The van der Waals surface area contributed by atoms with E-state index in [0.717, 1.165) is 40.1 Å². The first kappa shape index (κ1) is 25.5. The van der Waals surface area contributed by atoms with E-state index in [1.54, 1.807) is 0 Å². The molecule has 1 aliphatic carbocycles. The van der Waals surface area contributed by atoms with Gasteiger partial charge in [0.2, 0.25) is 0 Å². The molecule has 6 heteroatoms. The van der Waals surface area contributed by atoms with Crippen molar-refractivity contribution in [2.45, 2.75) is 44.6 Å². The lowest BCUT2D eigenvalue weighted by atomic mass is 9.87. The quantitative estimate of drug-likeness (QED) is 0.201. The number of benzene rings is 4. The summed E-state index contributed by atoms with van der Waals surface area (Å²) in [6.07, 6.45) is 3.72. The van der Waals surface area contributed by atoms with E-state index in [-0.39, 0.29) is 23.7 Å². The molecule has 0 aliphatic heterocycles. The first-order valence-corrected chi connectivity index (χ1v) is 13.2. The molecule has 2 N–H and O–H groups in total. The number of hydrogen-bond acceptors (Lipinski definition) is 4. The van der Waals surface area contributed by atoms with Gasteiger partial charge in [-0.3, -0.25) is 14.4 Å². The Bertz CT molecular complexity index is 1490. The van der Waals surface area contributed by atoms with E-state index in [4.69, 9.17) is 9.84 Å². The molecule has 0 spiro atoms. The van der Waals surface area contributed by atoms with Crippen molar-refractivity contribution in [3.63, 3.8) is 0 Å². The molecule has 1 aliphatic rings. The summed E-state index contributed by atoms with van der Waals surface area (Å²) in [6, 6.07) is 25.0. The van der Waals surface area contributed by atoms with Gasteiger partial charge >= 0.3 is 5.97 Å². The Morgan fingerprint density at radius 2 is 1.39 bits per heavy atom. The molecule has 4 aromatic rings. The number of carbonyl (C=O) groups is 3. The highest BCUT2D eigenvalue weighted by molar-refractivity contribution is 6.00. The van der Waals surface area contributed by atoms with Crippen LogP contribution in [0, 0.1) is 5.92 Å². The second kappa shape index (κ2) is 11.5. The Hall–Kier alpha value is -4.19. The van der Waals surface area contributed by atoms with Gasteiger partial charge in [-0.15, -0.1) is 0 Å². The van der Waals surface area contributed by atoms with Crippen molar-refractivity contribution >= 4 is 39.2 Å². The van der Waals surface area contributed by atoms with Crippen molar-refractivity contribution in [2.24, 2.45) is 5.92 Å².